The molecule has 0 unspecified atom stereocenters. The van der Waals surface area contributed by atoms with Crippen molar-refractivity contribution in [1.29, 1.82) is 0 Å². The molecule has 0 aliphatic rings. The van der Waals surface area contributed by atoms with E-state index in [1.807, 2.05) is 24.3 Å². The third-order valence-corrected chi connectivity index (χ3v) is 5.73. The Bertz CT molecular complexity index is 1300. The zero-order valence-electron chi connectivity index (χ0n) is 14.0. The van der Waals surface area contributed by atoms with Gasteiger partial charge in [0.25, 0.3) is 15.7 Å². The first-order chi connectivity index (χ1) is 13.0. The number of nitrogens with one attached hydrogen (secondary N) is 1. The molecule has 0 spiro atoms. The van der Waals surface area contributed by atoms with Crippen molar-refractivity contribution in [1.82, 2.24) is 0 Å². The van der Waals surface area contributed by atoms with Crippen LogP contribution in [-0.4, -0.2) is 13.3 Å². The van der Waals surface area contributed by atoms with Crippen molar-refractivity contribution in [2.75, 3.05) is 4.72 Å². The molecule has 7 heteroatoms. The Kier molecular flexibility index (Phi) is 4.01. The van der Waals surface area contributed by atoms with Crippen LogP contribution in [0.3, 0.4) is 0 Å². The number of benzene rings is 4. The highest BCUT2D eigenvalue weighted by Gasteiger charge is 2.18. The maximum atomic E-state index is 12.9. The van der Waals surface area contributed by atoms with Crippen LogP contribution < -0.4 is 4.72 Å². The maximum absolute atomic E-state index is 12.9. The van der Waals surface area contributed by atoms with E-state index in [-0.39, 0.29) is 10.6 Å². The molecule has 0 heterocycles. The summed E-state index contributed by atoms with van der Waals surface area (Å²) in [5.74, 6) is 0. The minimum Gasteiger partial charge on any atom is -0.279 e. The number of hydrogen-bond acceptors (Lipinski definition) is 4. The number of hydrogen-bond donors (Lipinski definition) is 1. The van der Waals surface area contributed by atoms with Crippen molar-refractivity contribution in [3.63, 3.8) is 0 Å². The minimum atomic E-state index is -3.85. The first kappa shape index (κ1) is 17.0. The molecule has 0 aliphatic heterocycles. The van der Waals surface area contributed by atoms with Crippen LogP contribution in [0, 0.1) is 10.1 Å². The van der Waals surface area contributed by atoms with Crippen LogP contribution >= 0.6 is 0 Å². The van der Waals surface area contributed by atoms with Gasteiger partial charge in [-0.25, -0.2) is 8.42 Å². The molecule has 0 bridgehead atoms. The molecule has 0 saturated carbocycles. The Labute approximate surface area is 155 Å². The Balaban J connectivity index is 1.80. The molecule has 0 amide bonds. The summed E-state index contributed by atoms with van der Waals surface area (Å²) >= 11 is 0. The zero-order chi connectivity index (χ0) is 19.0. The normalized spacial score (nSPS) is 11.6. The van der Waals surface area contributed by atoms with Gasteiger partial charge < -0.3 is 0 Å². The van der Waals surface area contributed by atoms with E-state index >= 15 is 0 Å². The highest BCUT2D eigenvalue weighted by molar-refractivity contribution is 7.92. The van der Waals surface area contributed by atoms with E-state index in [9.17, 15) is 18.5 Å². The number of sulfonamides is 1. The minimum absolute atomic E-state index is 0.0701. The molecule has 0 fully saturated rings. The van der Waals surface area contributed by atoms with Crippen molar-refractivity contribution in [3.05, 3.63) is 89.0 Å². The Morgan fingerprint density at radius 1 is 0.778 bits per heavy atom. The van der Waals surface area contributed by atoms with Crippen LogP contribution in [0.2, 0.25) is 0 Å². The summed E-state index contributed by atoms with van der Waals surface area (Å²) in [5, 5.41) is 13.8. The van der Waals surface area contributed by atoms with Crippen molar-refractivity contribution < 1.29 is 13.3 Å². The Morgan fingerprint density at radius 2 is 1.48 bits per heavy atom. The number of nitro groups is 1. The molecule has 1 N–H and O–H groups in total. The highest BCUT2D eigenvalue weighted by atomic mass is 32.2. The monoisotopic (exact) mass is 378 g/mol. The average molecular weight is 378 g/mol. The van der Waals surface area contributed by atoms with Crippen LogP contribution in [0.5, 0.6) is 0 Å². The lowest BCUT2D eigenvalue weighted by atomic mass is 10.1. The quantitative estimate of drug-likeness (QED) is 0.412. The number of fused-ring (bicyclic) bond motifs is 2. The number of anilines is 1. The molecule has 4 aromatic carbocycles. The predicted octanol–water partition coefficient (Wildman–Crippen LogP) is 4.70. The number of nitro benzene ring substituents is 1. The number of rotatable bonds is 4. The first-order valence-electron chi connectivity index (χ1n) is 8.13. The lowest BCUT2D eigenvalue weighted by molar-refractivity contribution is -0.383. The van der Waals surface area contributed by atoms with Gasteiger partial charge in [-0.3, -0.25) is 14.8 Å². The molecule has 0 aliphatic carbocycles. The van der Waals surface area contributed by atoms with Gasteiger partial charge in [0, 0.05) is 11.5 Å². The van der Waals surface area contributed by atoms with E-state index in [4.69, 9.17) is 0 Å². The maximum Gasteiger partial charge on any atom is 0.277 e. The topological polar surface area (TPSA) is 89.3 Å². The fourth-order valence-corrected chi connectivity index (χ4v) is 4.19. The molecule has 27 heavy (non-hydrogen) atoms. The molecule has 4 rings (SSSR count). The van der Waals surface area contributed by atoms with Gasteiger partial charge in [0.15, 0.2) is 0 Å². The average Bonchev–Trinajstić information content (AvgIpc) is 2.67. The van der Waals surface area contributed by atoms with E-state index in [1.165, 1.54) is 18.2 Å². The Hall–Kier alpha value is -3.45. The summed E-state index contributed by atoms with van der Waals surface area (Å²) in [7, 11) is -3.85. The van der Waals surface area contributed by atoms with E-state index < -0.39 is 14.9 Å². The lowest BCUT2D eigenvalue weighted by Gasteiger charge is -2.11. The second kappa shape index (κ2) is 6.37. The number of nitrogens with zero attached hydrogens (tertiary/aromatic N) is 1. The van der Waals surface area contributed by atoms with Crippen molar-refractivity contribution in [3.8, 4) is 0 Å². The van der Waals surface area contributed by atoms with Crippen LogP contribution in [0.1, 0.15) is 0 Å². The van der Waals surface area contributed by atoms with Gasteiger partial charge in [0.1, 0.15) is 0 Å². The fraction of sp³-hybridized carbons (Fsp3) is 0. The summed E-state index contributed by atoms with van der Waals surface area (Å²) in [6.07, 6.45) is 0. The van der Waals surface area contributed by atoms with Gasteiger partial charge in [0.05, 0.1) is 20.9 Å². The van der Waals surface area contributed by atoms with Gasteiger partial charge in [-0.1, -0.05) is 48.5 Å². The molecular formula is C20H14N2O4S. The third kappa shape index (κ3) is 3.09. The van der Waals surface area contributed by atoms with Gasteiger partial charge >= 0.3 is 0 Å². The molecule has 134 valence electrons. The number of non-ortho nitro benzene ring substituents is 1. The van der Waals surface area contributed by atoms with Gasteiger partial charge in [0.2, 0.25) is 0 Å². The fourth-order valence-electron chi connectivity index (χ4n) is 3.08. The van der Waals surface area contributed by atoms with Crippen molar-refractivity contribution >= 4 is 42.9 Å². The van der Waals surface area contributed by atoms with Gasteiger partial charge in [-0.2, -0.15) is 0 Å². The van der Waals surface area contributed by atoms with E-state index in [2.05, 4.69) is 4.72 Å². The molecule has 0 saturated heterocycles. The van der Waals surface area contributed by atoms with Crippen LogP contribution in [-0.2, 0) is 10.0 Å². The summed E-state index contributed by atoms with van der Waals surface area (Å²) in [6, 6.07) is 21.7. The largest absolute Gasteiger partial charge is 0.279 e. The summed E-state index contributed by atoms with van der Waals surface area (Å²) < 4.78 is 28.3. The summed E-state index contributed by atoms with van der Waals surface area (Å²) in [4.78, 5) is 10.9. The van der Waals surface area contributed by atoms with E-state index in [0.717, 1.165) is 10.8 Å². The van der Waals surface area contributed by atoms with E-state index in [0.29, 0.717) is 16.5 Å². The summed E-state index contributed by atoms with van der Waals surface area (Å²) in [6.45, 7) is 0. The highest BCUT2D eigenvalue weighted by Crippen LogP contribution is 2.32. The zero-order valence-corrected chi connectivity index (χ0v) is 14.8. The molecule has 6 nitrogen and oxygen atoms in total. The van der Waals surface area contributed by atoms with Crippen LogP contribution in [0.15, 0.2) is 83.8 Å². The summed E-state index contributed by atoms with van der Waals surface area (Å²) in [5.41, 5.74) is 0.226. The van der Waals surface area contributed by atoms with Crippen molar-refractivity contribution in [2.45, 2.75) is 4.90 Å². The lowest BCUT2D eigenvalue weighted by Crippen LogP contribution is -2.13. The molecular weight excluding hydrogens is 364 g/mol. The molecule has 4 aromatic rings. The van der Waals surface area contributed by atoms with Crippen LogP contribution in [0.25, 0.3) is 21.5 Å². The third-order valence-electron chi connectivity index (χ3n) is 4.37. The second-order valence-corrected chi connectivity index (χ2v) is 7.73. The SMILES string of the molecule is O=[N+]([O-])c1cccc2c(NS(=O)(=O)c3ccc4ccccc4c3)cccc12. The molecule has 0 aromatic heterocycles. The van der Waals surface area contributed by atoms with Crippen LogP contribution in [0.4, 0.5) is 11.4 Å². The second-order valence-electron chi connectivity index (χ2n) is 6.05. The first-order valence-corrected chi connectivity index (χ1v) is 9.62. The Morgan fingerprint density at radius 3 is 2.26 bits per heavy atom. The predicted molar refractivity (Wildman–Crippen MR) is 105 cm³/mol. The van der Waals surface area contributed by atoms with Gasteiger partial charge in [-0.05, 0) is 35.0 Å². The van der Waals surface area contributed by atoms with Crippen molar-refractivity contribution in [2.24, 2.45) is 0 Å². The van der Waals surface area contributed by atoms with E-state index in [1.54, 1.807) is 36.4 Å². The standard InChI is InChI=1S/C20H14N2O4S/c23-22(24)20-10-4-7-17-18(20)8-3-9-19(17)21-27(25,26)16-12-11-14-5-1-2-6-15(14)13-16/h1-13,21H. The smallest absolute Gasteiger partial charge is 0.277 e. The molecule has 0 radical (unpaired) electrons. The molecule has 0 atom stereocenters. The van der Waals surface area contributed by atoms with Gasteiger partial charge in [-0.15, -0.1) is 0 Å².